The zero-order valence-electron chi connectivity index (χ0n) is 19.6. The van der Waals surface area contributed by atoms with Crippen LogP contribution in [0.25, 0.3) is 0 Å². The maximum absolute atomic E-state index is 13.3. The normalized spacial score (nSPS) is 25.2. The molecule has 5 atom stereocenters. The van der Waals surface area contributed by atoms with E-state index in [2.05, 4.69) is 0 Å². The summed E-state index contributed by atoms with van der Waals surface area (Å²) < 4.78 is 24.6. The molecule has 12 nitrogen and oxygen atoms in total. The lowest BCUT2D eigenvalue weighted by molar-refractivity contribution is -0.268. The summed E-state index contributed by atoms with van der Waals surface area (Å²) >= 11 is 17.3. The molecule has 37 heavy (non-hydrogen) atoms. The molecular formula is C22H21Cl3N2O10. The van der Waals surface area contributed by atoms with Crippen molar-refractivity contribution >= 4 is 70.4 Å². The van der Waals surface area contributed by atoms with Gasteiger partial charge < -0.3 is 23.7 Å². The monoisotopic (exact) mass is 578 g/mol. The van der Waals surface area contributed by atoms with Gasteiger partial charge in [-0.05, 0) is 12.1 Å². The van der Waals surface area contributed by atoms with E-state index in [0.717, 1.165) is 20.8 Å². The fourth-order valence-electron chi connectivity index (χ4n) is 3.92. The minimum absolute atomic E-state index is 0.0374. The Labute approximate surface area is 225 Å². The fourth-order valence-corrected chi connectivity index (χ4v) is 4.05. The molecule has 1 aromatic carbocycles. The third-order valence-electron chi connectivity index (χ3n) is 5.28. The van der Waals surface area contributed by atoms with Crippen molar-refractivity contribution in [3.8, 4) is 0 Å². The molecule has 200 valence electrons. The van der Waals surface area contributed by atoms with Crippen molar-refractivity contribution in [3.05, 3.63) is 35.4 Å². The molecule has 0 unspecified atom stereocenters. The van der Waals surface area contributed by atoms with E-state index < -0.39 is 76.7 Å². The van der Waals surface area contributed by atoms with Crippen LogP contribution in [-0.4, -0.2) is 81.6 Å². The average molecular weight is 580 g/mol. The van der Waals surface area contributed by atoms with E-state index in [1.165, 1.54) is 24.3 Å². The second-order valence-electron chi connectivity index (χ2n) is 7.95. The number of hydrogen-bond donors (Lipinski definition) is 1. The number of benzene rings is 1. The van der Waals surface area contributed by atoms with Crippen molar-refractivity contribution in [2.45, 2.75) is 55.2 Å². The van der Waals surface area contributed by atoms with Gasteiger partial charge in [0.05, 0.1) is 11.1 Å². The van der Waals surface area contributed by atoms with Gasteiger partial charge in [0.15, 0.2) is 12.2 Å². The van der Waals surface area contributed by atoms with Gasteiger partial charge in [-0.15, -0.1) is 0 Å². The molecule has 0 aliphatic carbocycles. The summed E-state index contributed by atoms with van der Waals surface area (Å²) in [6.45, 7) is 2.69. The molecule has 0 spiro atoms. The van der Waals surface area contributed by atoms with E-state index in [9.17, 15) is 24.0 Å². The number of rotatable bonds is 6. The van der Waals surface area contributed by atoms with Crippen molar-refractivity contribution in [1.29, 1.82) is 5.41 Å². The summed E-state index contributed by atoms with van der Waals surface area (Å²) in [6, 6.07) is 4.26. The number of ether oxygens (including phenoxy) is 5. The van der Waals surface area contributed by atoms with Crippen molar-refractivity contribution < 1.29 is 47.7 Å². The maximum Gasteiger partial charge on any atom is 0.303 e. The van der Waals surface area contributed by atoms with Crippen LogP contribution in [0.15, 0.2) is 24.3 Å². The van der Waals surface area contributed by atoms with Crippen LogP contribution < -0.4 is 0 Å². The number of carbonyl (C=O) groups is 5. The highest BCUT2D eigenvalue weighted by molar-refractivity contribution is 6.76. The summed E-state index contributed by atoms with van der Waals surface area (Å²) in [4.78, 5) is 62.9. The van der Waals surface area contributed by atoms with Crippen LogP contribution in [-0.2, 0) is 38.1 Å². The Morgan fingerprint density at radius 2 is 1.43 bits per heavy atom. The molecule has 15 heteroatoms. The predicted octanol–water partition coefficient (Wildman–Crippen LogP) is 2.17. The Balaban J connectivity index is 2.14. The number of carbonyl (C=O) groups excluding carboxylic acids is 5. The minimum Gasteiger partial charge on any atom is -0.463 e. The molecule has 1 aromatic rings. The van der Waals surface area contributed by atoms with E-state index in [1.807, 2.05) is 0 Å². The van der Waals surface area contributed by atoms with Gasteiger partial charge in [0, 0.05) is 20.8 Å². The summed E-state index contributed by atoms with van der Waals surface area (Å²) in [6.07, 6.45) is -6.23. The number of imide groups is 1. The Bertz CT molecular complexity index is 1100. The first-order chi connectivity index (χ1) is 17.2. The minimum atomic E-state index is -2.38. The smallest absolute Gasteiger partial charge is 0.303 e. The second kappa shape index (κ2) is 11.2. The molecular weight excluding hydrogens is 559 g/mol. The number of nitrogens with one attached hydrogen (secondary N) is 1. The maximum atomic E-state index is 13.3. The Morgan fingerprint density at radius 1 is 0.919 bits per heavy atom. The zero-order chi connectivity index (χ0) is 27.7. The molecule has 2 heterocycles. The van der Waals surface area contributed by atoms with Crippen molar-refractivity contribution in [2.75, 3.05) is 6.61 Å². The van der Waals surface area contributed by atoms with Gasteiger partial charge >= 0.3 is 17.9 Å². The van der Waals surface area contributed by atoms with E-state index in [0.29, 0.717) is 4.90 Å². The first kappa shape index (κ1) is 28.6. The molecule has 1 fully saturated rings. The number of nitrogens with zero attached hydrogens (tertiary/aromatic N) is 1. The van der Waals surface area contributed by atoms with Crippen LogP contribution in [0.3, 0.4) is 0 Å². The first-order valence-corrected chi connectivity index (χ1v) is 11.8. The molecule has 2 aliphatic rings. The third kappa shape index (κ3) is 6.32. The van der Waals surface area contributed by atoms with Gasteiger partial charge in [0.25, 0.3) is 15.6 Å². The lowest BCUT2D eigenvalue weighted by Crippen LogP contribution is -2.68. The van der Waals surface area contributed by atoms with Gasteiger partial charge in [-0.2, -0.15) is 0 Å². The molecule has 1 saturated heterocycles. The topological polar surface area (TPSA) is 159 Å². The predicted molar refractivity (Wildman–Crippen MR) is 126 cm³/mol. The van der Waals surface area contributed by atoms with Crippen LogP contribution in [0.1, 0.15) is 41.5 Å². The summed E-state index contributed by atoms with van der Waals surface area (Å²) in [7, 11) is 0. The van der Waals surface area contributed by atoms with Gasteiger partial charge in [-0.3, -0.25) is 34.3 Å². The number of hydrogen-bond acceptors (Lipinski definition) is 11. The van der Waals surface area contributed by atoms with Crippen molar-refractivity contribution in [1.82, 2.24) is 4.90 Å². The molecule has 1 N–H and O–H groups in total. The molecule has 0 aromatic heterocycles. The molecule has 2 amide bonds. The molecule has 0 saturated carbocycles. The molecule has 0 radical (unpaired) electrons. The van der Waals surface area contributed by atoms with E-state index in [-0.39, 0.29) is 11.1 Å². The third-order valence-corrected chi connectivity index (χ3v) is 5.80. The fraction of sp³-hybridized carbons (Fsp3) is 0.455. The number of halogens is 3. The van der Waals surface area contributed by atoms with Gasteiger partial charge in [-0.25, -0.2) is 0 Å². The van der Waals surface area contributed by atoms with Gasteiger partial charge in [-0.1, -0.05) is 46.9 Å². The number of alkyl halides is 3. The van der Waals surface area contributed by atoms with Crippen LogP contribution in [0, 0.1) is 5.41 Å². The molecule has 0 bridgehead atoms. The highest BCUT2D eigenvalue weighted by Gasteiger charge is 2.58. The summed E-state index contributed by atoms with van der Waals surface area (Å²) in [5, 5.41) is 8.01. The number of amides is 2. The summed E-state index contributed by atoms with van der Waals surface area (Å²) in [5.41, 5.74) is 0.0747. The quantitative estimate of drug-likeness (QED) is 0.132. The van der Waals surface area contributed by atoms with E-state index in [1.54, 1.807) is 0 Å². The number of fused-ring (bicyclic) bond motifs is 1. The van der Waals surface area contributed by atoms with Crippen LogP contribution in [0.2, 0.25) is 0 Å². The lowest BCUT2D eigenvalue weighted by atomic mass is 9.94. The summed E-state index contributed by atoms with van der Waals surface area (Å²) in [5.74, 6) is -5.01. The van der Waals surface area contributed by atoms with E-state index in [4.69, 9.17) is 63.9 Å². The first-order valence-electron chi connectivity index (χ1n) is 10.6. The molecule has 3 rings (SSSR count). The van der Waals surface area contributed by atoms with Crippen LogP contribution >= 0.6 is 34.8 Å². The number of esters is 3. The van der Waals surface area contributed by atoms with Crippen LogP contribution in [0.4, 0.5) is 0 Å². The highest BCUT2D eigenvalue weighted by atomic mass is 35.6. The standard InChI is InChI=1S/C22H21Cl3N2O10/c1-9(28)33-8-14-16(34-10(2)29)17(35-11(3)30)15(20(36-14)37-21(26)22(23,24)25)27-18(31)12-6-4-5-7-13(12)19(27)32/h4-7,14-17,20,26H,8H2,1-3H3/t14-,15-,16+,17+,20-/m0/s1. The van der Waals surface area contributed by atoms with Crippen molar-refractivity contribution in [3.63, 3.8) is 0 Å². The Morgan fingerprint density at radius 3 is 1.89 bits per heavy atom. The van der Waals surface area contributed by atoms with Crippen molar-refractivity contribution in [2.24, 2.45) is 0 Å². The van der Waals surface area contributed by atoms with Crippen LogP contribution in [0.5, 0.6) is 0 Å². The Hall–Kier alpha value is -2.93. The molecule has 2 aliphatic heterocycles. The van der Waals surface area contributed by atoms with E-state index >= 15 is 0 Å². The SMILES string of the molecule is CC(=O)OC[C@@H]1O[C@@H](OC(=N)C(Cl)(Cl)Cl)[C@@H](N2C(=O)c3ccccc3C2=O)[C@@H](OC(C)=O)[C@@H]1OC(C)=O. The van der Waals surface area contributed by atoms with Gasteiger partial charge in [0.2, 0.25) is 12.2 Å². The lowest BCUT2D eigenvalue weighted by Gasteiger charge is -2.47. The highest BCUT2D eigenvalue weighted by Crippen LogP contribution is 2.37. The Kier molecular flexibility index (Phi) is 8.68. The average Bonchev–Trinajstić information content (AvgIpc) is 3.03. The zero-order valence-corrected chi connectivity index (χ0v) is 21.8. The second-order valence-corrected chi connectivity index (χ2v) is 10.2. The largest absolute Gasteiger partial charge is 0.463 e. The van der Waals surface area contributed by atoms with Gasteiger partial charge in [0.1, 0.15) is 18.8 Å².